The van der Waals surface area contributed by atoms with E-state index in [-0.39, 0.29) is 18.6 Å². The van der Waals surface area contributed by atoms with Crippen molar-refractivity contribution in [2.45, 2.75) is 18.7 Å². The van der Waals surface area contributed by atoms with Crippen LogP contribution < -0.4 is 9.80 Å². The van der Waals surface area contributed by atoms with Crippen molar-refractivity contribution in [2.24, 2.45) is 0 Å². The second kappa shape index (κ2) is 7.37. The lowest BCUT2D eigenvalue weighted by molar-refractivity contribution is -0.108. The zero-order valence-corrected chi connectivity index (χ0v) is 16.3. The van der Waals surface area contributed by atoms with Gasteiger partial charge in [-0.1, -0.05) is 29.8 Å². The smallest absolute Gasteiger partial charge is 0.326 e. The summed E-state index contributed by atoms with van der Waals surface area (Å²) in [4.78, 5) is 38.4. The third-order valence-corrected chi connectivity index (χ3v) is 5.50. The fourth-order valence-electron chi connectivity index (χ4n) is 3.63. The van der Waals surface area contributed by atoms with Gasteiger partial charge in [0, 0.05) is 38.2 Å². The molecule has 1 unspecified atom stereocenters. The van der Waals surface area contributed by atoms with Crippen molar-refractivity contribution in [3.05, 3.63) is 46.9 Å². The molecule has 2 aliphatic heterocycles. The Kier molecular flexibility index (Phi) is 4.91. The topological polar surface area (TPSA) is 78.9 Å². The summed E-state index contributed by atoms with van der Waals surface area (Å²) in [6.07, 6.45) is 1.55. The first-order chi connectivity index (χ1) is 13.5. The van der Waals surface area contributed by atoms with Gasteiger partial charge in [-0.25, -0.2) is 14.8 Å². The number of likely N-dealkylation sites (tertiary alicyclic amines) is 1. The van der Waals surface area contributed by atoms with E-state index in [1.54, 1.807) is 30.2 Å². The highest BCUT2D eigenvalue weighted by molar-refractivity contribution is 6.31. The highest BCUT2D eigenvalue weighted by Crippen LogP contribution is 2.39. The van der Waals surface area contributed by atoms with E-state index in [0.29, 0.717) is 35.4 Å². The van der Waals surface area contributed by atoms with Gasteiger partial charge in [-0.05, 0) is 11.6 Å². The number of urea groups is 1. The van der Waals surface area contributed by atoms with Crippen LogP contribution in [0.3, 0.4) is 0 Å². The van der Waals surface area contributed by atoms with Gasteiger partial charge in [-0.15, -0.1) is 0 Å². The Balaban J connectivity index is 1.55. The van der Waals surface area contributed by atoms with Gasteiger partial charge in [0.25, 0.3) is 0 Å². The van der Waals surface area contributed by atoms with E-state index in [4.69, 9.17) is 16.3 Å². The second-order valence-electron chi connectivity index (χ2n) is 6.86. The molecule has 8 nitrogen and oxygen atoms in total. The number of rotatable bonds is 4. The van der Waals surface area contributed by atoms with E-state index in [1.165, 1.54) is 4.90 Å². The molecule has 0 saturated carbocycles. The van der Waals surface area contributed by atoms with Gasteiger partial charge in [0.2, 0.25) is 0 Å². The number of benzene rings is 1. The summed E-state index contributed by atoms with van der Waals surface area (Å²) < 4.78 is 5.07. The number of anilines is 2. The molecule has 3 heterocycles. The number of fused-ring (bicyclic) bond motifs is 1. The largest absolute Gasteiger partial charge is 0.377 e. The maximum atomic E-state index is 13.1. The van der Waals surface area contributed by atoms with Crippen LogP contribution in [0.15, 0.2) is 30.5 Å². The standard InChI is InChI=1S/C19H20ClN5O3/c1-23-17(10-26)25(15-7-21-16(11-28-2)22-18(15)23)19(27)24-8-12(9-24)13-5-3-4-6-14(13)20/h3-7,10,12,17H,8-9,11H2,1-2H3. The first-order valence-corrected chi connectivity index (χ1v) is 9.28. The van der Waals surface area contributed by atoms with Crippen molar-refractivity contribution in [1.82, 2.24) is 14.9 Å². The van der Waals surface area contributed by atoms with Gasteiger partial charge in [0.1, 0.15) is 12.3 Å². The van der Waals surface area contributed by atoms with Crippen molar-refractivity contribution in [1.29, 1.82) is 0 Å². The Hall–Kier alpha value is -2.71. The molecule has 0 spiro atoms. The predicted octanol–water partition coefficient (Wildman–Crippen LogP) is 2.28. The molecule has 0 aliphatic carbocycles. The number of carbonyl (C=O) groups is 2. The minimum atomic E-state index is -0.756. The van der Waals surface area contributed by atoms with E-state index in [2.05, 4.69) is 9.97 Å². The van der Waals surface area contributed by atoms with Gasteiger partial charge < -0.3 is 14.5 Å². The van der Waals surface area contributed by atoms with Crippen LogP contribution >= 0.6 is 11.6 Å². The molecule has 0 N–H and O–H groups in total. The summed E-state index contributed by atoms with van der Waals surface area (Å²) in [5.41, 5.74) is 1.55. The molecule has 1 aromatic heterocycles. The Morgan fingerprint density at radius 1 is 1.36 bits per heavy atom. The van der Waals surface area contributed by atoms with Crippen LogP contribution in [0.2, 0.25) is 5.02 Å². The van der Waals surface area contributed by atoms with E-state index in [0.717, 1.165) is 11.8 Å². The van der Waals surface area contributed by atoms with Gasteiger partial charge in [0.15, 0.2) is 24.1 Å². The first kappa shape index (κ1) is 18.6. The van der Waals surface area contributed by atoms with Crippen molar-refractivity contribution in [3.63, 3.8) is 0 Å². The zero-order chi connectivity index (χ0) is 19.8. The number of aromatic nitrogens is 2. The summed E-state index contributed by atoms with van der Waals surface area (Å²) in [6, 6.07) is 7.41. The van der Waals surface area contributed by atoms with Crippen LogP contribution in [-0.2, 0) is 16.1 Å². The number of carbonyl (C=O) groups excluding carboxylic acids is 2. The Morgan fingerprint density at radius 2 is 2.11 bits per heavy atom. The average molecular weight is 402 g/mol. The minimum absolute atomic E-state index is 0.187. The van der Waals surface area contributed by atoms with E-state index >= 15 is 0 Å². The predicted molar refractivity (Wildman–Crippen MR) is 105 cm³/mol. The van der Waals surface area contributed by atoms with Crippen molar-refractivity contribution < 1.29 is 14.3 Å². The summed E-state index contributed by atoms with van der Waals surface area (Å²) in [6.45, 7) is 1.35. The molecule has 0 radical (unpaired) electrons. The summed E-state index contributed by atoms with van der Waals surface area (Å²) >= 11 is 6.26. The van der Waals surface area contributed by atoms with E-state index in [9.17, 15) is 9.59 Å². The number of nitrogens with zero attached hydrogens (tertiary/aromatic N) is 5. The molecule has 9 heteroatoms. The normalized spacial score (nSPS) is 18.8. The summed E-state index contributed by atoms with van der Waals surface area (Å²) in [5, 5.41) is 0.704. The van der Waals surface area contributed by atoms with E-state index in [1.807, 2.05) is 24.3 Å². The number of ether oxygens (including phenoxy) is 1. The molecular formula is C19H20ClN5O3. The Bertz CT molecular complexity index is 918. The monoisotopic (exact) mass is 401 g/mol. The minimum Gasteiger partial charge on any atom is -0.377 e. The third-order valence-electron chi connectivity index (χ3n) is 5.15. The van der Waals surface area contributed by atoms with Crippen LogP contribution in [0.1, 0.15) is 17.3 Å². The molecule has 146 valence electrons. The molecule has 2 amide bonds. The van der Waals surface area contributed by atoms with Gasteiger partial charge in [-0.2, -0.15) is 0 Å². The van der Waals surface area contributed by atoms with Crippen molar-refractivity contribution in [2.75, 3.05) is 37.0 Å². The number of likely N-dealkylation sites (N-methyl/N-ethyl adjacent to an activating group) is 1. The maximum absolute atomic E-state index is 13.1. The van der Waals surface area contributed by atoms with Crippen LogP contribution in [-0.4, -0.2) is 60.6 Å². The molecular weight excluding hydrogens is 382 g/mol. The molecule has 1 saturated heterocycles. The molecule has 2 aliphatic rings. The number of amides is 2. The zero-order valence-electron chi connectivity index (χ0n) is 15.6. The van der Waals surface area contributed by atoms with Crippen LogP contribution in [0.25, 0.3) is 0 Å². The molecule has 1 atom stereocenters. The summed E-state index contributed by atoms with van der Waals surface area (Å²) in [5.74, 6) is 1.22. The summed E-state index contributed by atoms with van der Waals surface area (Å²) in [7, 11) is 3.29. The number of hydrogen-bond donors (Lipinski definition) is 0. The molecule has 1 aromatic carbocycles. The Morgan fingerprint density at radius 3 is 2.79 bits per heavy atom. The first-order valence-electron chi connectivity index (χ1n) is 8.90. The average Bonchev–Trinajstić information content (AvgIpc) is 2.94. The quantitative estimate of drug-likeness (QED) is 0.731. The lowest BCUT2D eigenvalue weighted by Crippen LogP contribution is -2.57. The Labute approximate surface area is 167 Å². The van der Waals surface area contributed by atoms with Gasteiger partial charge in [0.05, 0.1) is 6.20 Å². The number of halogens is 1. The van der Waals surface area contributed by atoms with E-state index < -0.39 is 6.17 Å². The lowest BCUT2D eigenvalue weighted by Gasteiger charge is -2.42. The fraction of sp³-hybridized carbons (Fsp3) is 0.368. The maximum Gasteiger partial charge on any atom is 0.326 e. The molecule has 4 rings (SSSR count). The molecule has 1 fully saturated rings. The molecule has 0 bridgehead atoms. The van der Waals surface area contributed by atoms with Gasteiger partial charge in [-0.3, -0.25) is 9.69 Å². The number of methoxy groups -OCH3 is 1. The number of aldehydes is 1. The molecule has 28 heavy (non-hydrogen) atoms. The van der Waals surface area contributed by atoms with Gasteiger partial charge >= 0.3 is 6.03 Å². The van der Waals surface area contributed by atoms with Crippen LogP contribution in [0.4, 0.5) is 16.3 Å². The van der Waals surface area contributed by atoms with Crippen molar-refractivity contribution in [3.8, 4) is 0 Å². The fourth-order valence-corrected chi connectivity index (χ4v) is 3.92. The molecule has 2 aromatic rings. The SMILES string of the molecule is COCc1ncc2c(n1)N(C)C(C=O)N2C(=O)N1CC(c2ccccc2Cl)C1. The van der Waals surface area contributed by atoms with Crippen LogP contribution in [0, 0.1) is 0 Å². The van der Waals surface area contributed by atoms with Crippen molar-refractivity contribution >= 4 is 35.4 Å². The third kappa shape index (κ3) is 2.98. The highest BCUT2D eigenvalue weighted by atomic mass is 35.5. The lowest BCUT2D eigenvalue weighted by atomic mass is 9.92. The highest BCUT2D eigenvalue weighted by Gasteiger charge is 2.44. The second-order valence-corrected chi connectivity index (χ2v) is 7.27. The number of hydrogen-bond acceptors (Lipinski definition) is 6. The van der Waals surface area contributed by atoms with Crippen LogP contribution in [0.5, 0.6) is 0 Å².